The molecule has 0 saturated heterocycles. The van der Waals surface area contributed by atoms with Crippen LogP contribution in [0.1, 0.15) is 11.1 Å². The van der Waals surface area contributed by atoms with Gasteiger partial charge in [-0.3, -0.25) is 0 Å². The van der Waals surface area contributed by atoms with Crippen molar-refractivity contribution in [2.45, 2.75) is 18.2 Å². The Kier molecular flexibility index (Phi) is 4.88. The van der Waals surface area contributed by atoms with Gasteiger partial charge in [0.1, 0.15) is 4.90 Å². The molecule has 0 saturated carbocycles. The summed E-state index contributed by atoms with van der Waals surface area (Å²) in [4.78, 5) is 0.00829. The molecule has 0 aliphatic carbocycles. The number of nitrogen functional groups attached to an aromatic ring is 1. The fourth-order valence-electron chi connectivity index (χ4n) is 2.01. The first-order valence-electron chi connectivity index (χ1n) is 6.49. The molecule has 0 aromatic heterocycles. The van der Waals surface area contributed by atoms with Crippen molar-refractivity contribution in [3.8, 4) is 0 Å². The molecule has 2 rings (SSSR count). The van der Waals surface area contributed by atoms with Gasteiger partial charge in [0.2, 0.25) is 10.0 Å². The van der Waals surface area contributed by atoms with Crippen molar-refractivity contribution in [3.63, 3.8) is 0 Å². The van der Waals surface area contributed by atoms with Crippen molar-refractivity contribution < 1.29 is 8.42 Å². The molecular weight excluding hydrogens is 308 g/mol. The van der Waals surface area contributed by atoms with E-state index in [-0.39, 0.29) is 9.92 Å². The van der Waals surface area contributed by atoms with Gasteiger partial charge in [0.05, 0.1) is 5.02 Å². The van der Waals surface area contributed by atoms with Gasteiger partial charge in [-0.1, -0.05) is 35.9 Å². The van der Waals surface area contributed by atoms with Crippen LogP contribution in [-0.2, 0) is 16.4 Å². The third-order valence-corrected chi connectivity index (χ3v) is 5.14. The highest BCUT2D eigenvalue weighted by Gasteiger charge is 2.17. The van der Waals surface area contributed by atoms with Gasteiger partial charge in [-0.2, -0.15) is 0 Å². The SMILES string of the molecule is Cc1ccccc1CCNS(=O)(=O)c1cc(N)ccc1Cl. The van der Waals surface area contributed by atoms with Crippen LogP contribution in [0, 0.1) is 6.92 Å². The number of hydrogen-bond donors (Lipinski definition) is 2. The van der Waals surface area contributed by atoms with Crippen LogP contribution in [-0.4, -0.2) is 15.0 Å². The van der Waals surface area contributed by atoms with Gasteiger partial charge < -0.3 is 5.73 Å². The number of nitrogens with two attached hydrogens (primary N) is 1. The first kappa shape index (κ1) is 15.8. The van der Waals surface area contributed by atoms with Gasteiger partial charge in [-0.15, -0.1) is 0 Å². The number of nitrogens with one attached hydrogen (secondary N) is 1. The van der Waals surface area contributed by atoms with Crippen LogP contribution in [0.3, 0.4) is 0 Å². The van der Waals surface area contributed by atoms with Crippen molar-refractivity contribution in [1.82, 2.24) is 4.72 Å². The summed E-state index contributed by atoms with van der Waals surface area (Å²) in [5.41, 5.74) is 8.22. The summed E-state index contributed by atoms with van der Waals surface area (Å²) in [6.45, 7) is 2.30. The molecule has 2 aromatic carbocycles. The number of benzene rings is 2. The van der Waals surface area contributed by atoms with Crippen molar-refractivity contribution in [3.05, 3.63) is 58.6 Å². The molecule has 0 bridgehead atoms. The summed E-state index contributed by atoms with van der Waals surface area (Å²) in [6.07, 6.45) is 0.617. The Bertz CT molecular complexity index is 745. The lowest BCUT2D eigenvalue weighted by atomic mass is 10.1. The lowest BCUT2D eigenvalue weighted by Gasteiger charge is -2.10. The van der Waals surface area contributed by atoms with E-state index in [2.05, 4.69) is 4.72 Å². The standard InChI is InChI=1S/C15H17ClN2O2S/c1-11-4-2-3-5-12(11)8-9-18-21(19,20)15-10-13(17)6-7-14(15)16/h2-7,10,18H,8-9,17H2,1H3. The smallest absolute Gasteiger partial charge is 0.242 e. The molecule has 112 valence electrons. The molecule has 21 heavy (non-hydrogen) atoms. The summed E-state index contributed by atoms with van der Waals surface area (Å²) < 4.78 is 27.0. The van der Waals surface area contributed by atoms with E-state index in [9.17, 15) is 8.42 Å². The van der Waals surface area contributed by atoms with Crippen molar-refractivity contribution in [2.24, 2.45) is 0 Å². The van der Waals surface area contributed by atoms with Crippen LogP contribution < -0.4 is 10.5 Å². The second-order valence-electron chi connectivity index (χ2n) is 4.76. The lowest BCUT2D eigenvalue weighted by molar-refractivity contribution is 0.581. The molecule has 4 nitrogen and oxygen atoms in total. The van der Waals surface area contributed by atoms with Crippen molar-refractivity contribution >= 4 is 27.3 Å². The first-order valence-corrected chi connectivity index (χ1v) is 8.35. The number of hydrogen-bond acceptors (Lipinski definition) is 3. The molecule has 0 amide bonds. The van der Waals surface area contributed by atoms with E-state index in [1.54, 1.807) is 6.07 Å². The lowest BCUT2D eigenvalue weighted by Crippen LogP contribution is -2.26. The number of rotatable bonds is 5. The van der Waals surface area contributed by atoms with Gasteiger partial charge in [-0.25, -0.2) is 13.1 Å². The van der Waals surface area contributed by atoms with Crippen LogP contribution >= 0.6 is 11.6 Å². The third kappa shape index (κ3) is 3.97. The highest BCUT2D eigenvalue weighted by molar-refractivity contribution is 7.89. The predicted octanol–water partition coefficient (Wildman–Crippen LogP) is 2.75. The zero-order chi connectivity index (χ0) is 15.5. The number of anilines is 1. The molecule has 0 fully saturated rings. The molecule has 0 atom stereocenters. The zero-order valence-corrected chi connectivity index (χ0v) is 13.2. The van der Waals surface area contributed by atoms with E-state index in [1.807, 2.05) is 31.2 Å². The maximum absolute atomic E-state index is 12.2. The largest absolute Gasteiger partial charge is 0.399 e. The summed E-state index contributed by atoms with van der Waals surface area (Å²) in [6, 6.07) is 12.3. The molecule has 3 N–H and O–H groups in total. The quantitative estimate of drug-likeness (QED) is 0.831. The van der Waals surface area contributed by atoms with Crippen LogP contribution in [0.15, 0.2) is 47.4 Å². The van der Waals surface area contributed by atoms with E-state index in [1.165, 1.54) is 12.1 Å². The molecule has 0 unspecified atom stereocenters. The Morgan fingerprint density at radius 1 is 1.19 bits per heavy atom. The Labute approximate surface area is 130 Å². The fraction of sp³-hybridized carbons (Fsp3) is 0.200. The van der Waals surface area contributed by atoms with Crippen molar-refractivity contribution in [2.75, 3.05) is 12.3 Å². The van der Waals surface area contributed by atoms with Crippen molar-refractivity contribution in [1.29, 1.82) is 0 Å². The molecule has 0 heterocycles. The second-order valence-corrected chi connectivity index (χ2v) is 6.91. The second kappa shape index (κ2) is 6.47. The Balaban J connectivity index is 2.08. The summed E-state index contributed by atoms with van der Waals surface area (Å²) in [7, 11) is -3.66. The molecule has 0 radical (unpaired) electrons. The minimum Gasteiger partial charge on any atom is -0.399 e. The van der Waals surface area contributed by atoms with E-state index in [0.29, 0.717) is 18.7 Å². The van der Waals surface area contributed by atoms with E-state index >= 15 is 0 Å². The molecule has 2 aromatic rings. The van der Waals surface area contributed by atoms with Crippen LogP contribution in [0.4, 0.5) is 5.69 Å². The average Bonchev–Trinajstić information content (AvgIpc) is 2.43. The number of aryl methyl sites for hydroxylation is 1. The van der Waals surface area contributed by atoms with E-state index < -0.39 is 10.0 Å². The molecule has 6 heteroatoms. The molecular formula is C15H17ClN2O2S. The number of halogens is 1. The number of sulfonamides is 1. The molecule has 0 aliphatic heterocycles. The van der Waals surface area contributed by atoms with E-state index in [0.717, 1.165) is 11.1 Å². The normalized spacial score (nSPS) is 11.5. The van der Waals surface area contributed by atoms with Crippen LogP contribution in [0.2, 0.25) is 5.02 Å². The highest BCUT2D eigenvalue weighted by atomic mass is 35.5. The fourth-order valence-corrected chi connectivity index (χ4v) is 3.58. The monoisotopic (exact) mass is 324 g/mol. The van der Waals surface area contributed by atoms with Gasteiger partial charge in [0, 0.05) is 12.2 Å². The van der Waals surface area contributed by atoms with E-state index in [4.69, 9.17) is 17.3 Å². The maximum Gasteiger partial charge on any atom is 0.242 e. The van der Waals surface area contributed by atoms with Crippen LogP contribution in [0.5, 0.6) is 0 Å². The van der Waals surface area contributed by atoms with Gasteiger partial charge in [-0.05, 0) is 42.7 Å². The average molecular weight is 325 g/mol. The van der Waals surface area contributed by atoms with Gasteiger partial charge in [0.25, 0.3) is 0 Å². The Hall–Kier alpha value is -1.56. The molecule has 0 spiro atoms. The minimum absolute atomic E-state index is 0.00829. The Morgan fingerprint density at radius 2 is 1.90 bits per heavy atom. The third-order valence-electron chi connectivity index (χ3n) is 3.19. The Morgan fingerprint density at radius 3 is 2.62 bits per heavy atom. The zero-order valence-electron chi connectivity index (χ0n) is 11.6. The van der Waals surface area contributed by atoms with Gasteiger partial charge >= 0.3 is 0 Å². The molecule has 0 aliphatic rings. The maximum atomic E-state index is 12.2. The predicted molar refractivity (Wildman–Crippen MR) is 85.9 cm³/mol. The van der Waals surface area contributed by atoms with Crippen LogP contribution in [0.25, 0.3) is 0 Å². The summed E-state index contributed by atoms with van der Waals surface area (Å²) in [5.74, 6) is 0. The highest BCUT2D eigenvalue weighted by Crippen LogP contribution is 2.23. The summed E-state index contributed by atoms with van der Waals surface area (Å²) >= 11 is 5.93. The van der Waals surface area contributed by atoms with Gasteiger partial charge in [0.15, 0.2) is 0 Å². The minimum atomic E-state index is -3.66. The first-order chi connectivity index (χ1) is 9.90. The summed E-state index contributed by atoms with van der Waals surface area (Å²) in [5, 5.41) is 0.160. The topological polar surface area (TPSA) is 72.2 Å².